The van der Waals surface area contributed by atoms with E-state index in [4.69, 9.17) is 21.7 Å². The first-order valence-corrected chi connectivity index (χ1v) is 15.8. The Morgan fingerprint density at radius 1 is 1.00 bits per heavy atom. The third kappa shape index (κ3) is 6.69. The number of rotatable bonds is 7. The fourth-order valence-electron chi connectivity index (χ4n) is 6.06. The van der Waals surface area contributed by atoms with Crippen molar-refractivity contribution in [2.45, 2.75) is 38.8 Å². The number of carboxylic acid groups (broad SMARTS) is 1. The van der Waals surface area contributed by atoms with Gasteiger partial charge in [-0.2, -0.15) is 0 Å². The monoisotopic (exact) mass is 625 g/mol. The number of hydrogen-bond donors (Lipinski definition) is 3. The summed E-state index contributed by atoms with van der Waals surface area (Å²) in [6.45, 7) is 10.8. The number of anilines is 4. The van der Waals surface area contributed by atoms with Gasteiger partial charge < -0.3 is 25.5 Å². The molecule has 3 aromatic rings. The van der Waals surface area contributed by atoms with Crippen LogP contribution >= 0.6 is 22.9 Å². The van der Waals surface area contributed by atoms with Crippen LogP contribution in [-0.2, 0) is 0 Å². The van der Waals surface area contributed by atoms with Crippen LogP contribution in [0.1, 0.15) is 33.9 Å². The van der Waals surface area contributed by atoms with E-state index in [2.05, 4.69) is 35.3 Å². The molecule has 0 radical (unpaired) electrons. The molecule has 228 valence electrons. The number of carbonyl (C=O) groups excluding carboxylic acids is 1. The summed E-state index contributed by atoms with van der Waals surface area (Å²) in [7, 11) is 0. The zero-order valence-electron chi connectivity index (χ0n) is 24.3. The topological polar surface area (TPSA) is 130 Å². The lowest BCUT2D eigenvalue weighted by Crippen LogP contribution is -2.63. The number of amides is 2. The minimum absolute atomic E-state index is 0.266. The van der Waals surface area contributed by atoms with Crippen molar-refractivity contribution in [1.29, 1.82) is 0 Å². The highest BCUT2D eigenvalue weighted by atomic mass is 35.5. The first-order valence-electron chi connectivity index (χ1n) is 14.6. The lowest BCUT2D eigenvalue weighted by atomic mass is 9.98. The maximum Gasteiger partial charge on any atom is 0.407 e. The van der Waals surface area contributed by atoms with Gasteiger partial charge >= 0.3 is 6.09 Å². The predicted octanol–water partition coefficient (Wildman–Crippen LogP) is 4.15. The molecule has 3 saturated heterocycles. The summed E-state index contributed by atoms with van der Waals surface area (Å²) in [5.74, 6) is 1.91. The maximum atomic E-state index is 12.8. The fourth-order valence-corrected chi connectivity index (χ4v) is 7.05. The quantitative estimate of drug-likeness (QED) is 0.352. The molecule has 2 aromatic heterocycles. The van der Waals surface area contributed by atoms with Gasteiger partial charge in [0.25, 0.3) is 5.91 Å². The smallest absolute Gasteiger partial charge is 0.407 e. The molecular weight excluding hydrogens is 590 g/mol. The Morgan fingerprint density at radius 3 is 2.42 bits per heavy atom. The van der Waals surface area contributed by atoms with Crippen molar-refractivity contribution in [1.82, 2.24) is 29.7 Å². The molecule has 14 heteroatoms. The molecule has 0 unspecified atom stereocenters. The molecule has 0 atom stereocenters. The lowest BCUT2D eigenvalue weighted by molar-refractivity contribution is 0.00976. The van der Waals surface area contributed by atoms with Gasteiger partial charge in [-0.1, -0.05) is 35.1 Å². The van der Waals surface area contributed by atoms with Gasteiger partial charge in [-0.15, -0.1) is 0 Å². The Bertz CT molecular complexity index is 1460. The second-order valence-electron chi connectivity index (χ2n) is 11.3. The van der Waals surface area contributed by atoms with E-state index in [1.165, 1.54) is 16.2 Å². The van der Waals surface area contributed by atoms with Crippen molar-refractivity contribution < 1.29 is 14.7 Å². The normalized spacial score (nSPS) is 18.9. The number of carbonyl (C=O) groups is 2. The van der Waals surface area contributed by atoms with Crippen molar-refractivity contribution in [3.05, 3.63) is 51.7 Å². The van der Waals surface area contributed by atoms with Crippen LogP contribution in [0.5, 0.6) is 0 Å². The molecule has 12 nitrogen and oxygen atoms in total. The van der Waals surface area contributed by atoms with Crippen LogP contribution in [0.3, 0.4) is 0 Å². The standard InChI is InChI=1S/C29H36ClN9O3S/c1-18-4-3-5-22(30)26(18)35-27(40)23-15-31-28(43-23)34-24-14-25(33-19(2)32-24)38-12-10-37(11-13-38)20-6-8-36(9-7-20)21-16-39(17-21)29(41)42/h3-5,14-15,20-21H,6-13,16-17H2,1-2H3,(H,35,40)(H,41,42)(H,31,32,33,34). The average molecular weight is 626 g/mol. The third-order valence-corrected chi connectivity index (χ3v) is 9.78. The van der Waals surface area contributed by atoms with Crippen LogP contribution in [0.2, 0.25) is 5.02 Å². The molecule has 0 saturated carbocycles. The van der Waals surface area contributed by atoms with Crippen molar-refractivity contribution in [3.8, 4) is 0 Å². The average Bonchev–Trinajstić information content (AvgIpc) is 3.43. The summed E-state index contributed by atoms with van der Waals surface area (Å²) >= 11 is 7.52. The Kier molecular flexibility index (Phi) is 8.66. The van der Waals surface area contributed by atoms with Crippen LogP contribution in [-0.4, -0.2) is 111 Å². The van der Waals surface area contributed by atoms with Crippen molar-refractivity contribution in [2.75, 3.05) is 67.9 Å². The number of hydrogen-bond acceptors (Lipinski definition) is 10. The summed E-state index contributed by atoms with van der Waals surface area (Å²) in [5.41, 5.74) is 1.49. The van der Waals surface area contributed by atoms with Gasteiger partial charge in [0.05, 0.1) is 16.9 Å². The van der Waals surface area contributed by atoms with E-state index >= 15 is 0 Å². The minimum Gasteiger partial charge on any atom is -0.465 e. The molecule has 43 heavy (non-hydrogen) atoms. The van der Waals surface area contributed by atoms with Crippen molar-refractivity contribution in [2.24, 2.45) is 0 Å². The van der Waals surface area contributed by atoms with Crippen molar-refractivity contribution in [3.63, 3.8) is 0 Å². The number of thiazole rings is 1. The molecule has 3 fully saturated rings. The lowest BCUT2D eigenvalue weighted by Gasteiger charge is -2.48. The zero-order chi connectivity index (χ0) is 30.1. The number of piperidine rings is 1. The van der Waals surface area contributed by atoms with Gasteiger partial charge in [-0.25, -0.2) is 19.7 Å². The van der Waals surface area contributed by atoms with Crippen LogP contribution in [0.4, 0.5) is 27.2 Å². The van der Waals surface area contributed by atoms with Crippen molar-refractivity contribution >= 4 is 57.4 Å². The number of nitrogens with one attached hydrogen (secondary N) is 2. The first kappa shape index (κ1) is 29.5. The van der Waals surface area contributed by atoms with Gasteiger partial charge in [0.1, 0.15) is 22.3 Å². The molecular formula is C29H36ClN9O3S. The van der Waals surface area contributed by atoms with Gasteiger partial charge in [-0.05, 0) is 38.3 Å². The molecule has 1 aromatic carbocycles. The van der Waals surface area contributed by atoms with E-state index in [0.29, 0.717) is 57.5 Å². The first-order chi connectivity index (χ1) is 20.7. The number of benzene rings is 1. The SMILES string of the molecule is Cc1nc(Nc2ncc(C(=O)Nc3c(C)cccc3Cl)s2)cc(N2CCN(C3CCN(C4CN(C(=O)O)C4)CC3)CC2)n1. The van der Waals surface area contributed by atoms with Crippen LogP contribution < -0.4 is 15.5 Å². The van der Waals surface area contributed by atoms with E-state index in [9.17, 15) is 9.59 Å². The number of piperazine rings is 1. The fraction of sp³-hybridized carbons (Fsp3) is 0.483. The van der Waals surface area contributed by atoms with Gasteiger partial charge in [0.15, 0.2) is 5.13 Å². The Hall–Kier alpha value is -3.52. The largest absolute Gasteiger partial charge is 0.465 e. The number of aryl methyl sites for hydroxylation is 2. The molecule has 6 rings (SSSR count). The molecule has 3 aliphatic heterocycles. The molecule has 0 spiro atoms. The molecule has 3 aliphatic rings. The summed E-state index contributed by atoms with van der Waals surface area (Å²) < 4.78 is 0. The Labute approximate surface area is 259 Å². The van der Waals surface area contributed by atoms with E-state index in [1.54, 1.807) is 12.3 Å². The minimum atomic E-state index is -0.812. The van der Waals surface area contributed by atoms with E-state index in [1.807, 2.05) is 32.0 Å². The molecule has 5 heterocycles. The van der Waals surface area contributed by atoms with Gasteiger partial charge in [0.2, 0.25) is 0 Å². The van der Waals surface area contributed by atoms with Gasteiger partial charge in [-0.3, -0.25) is 14.6 Å². The molecule has 3 N–H and O–H groups in total. The maximum absolute atomic E-state index is 12.8. The zero-order valence-corrected chi connectivity index (χ0v) is 25.9. The third-order valence-electron chi connectivity index (χ3n) is 8.55. The Balaban J connectivity index is 1.01. The van der Waals surface area contributed by atoms with E-state index in [0.717, 1.165) is 63.5 Å². The number of aromatic nitrogens is 3. The second kappa shape index (κ2) is 12.6. The predicted molar refractivity (Wildman–Crippen MR) is 168 cm³/mol. The number of likely N-dealkylation sites (tertiary alicyclic amines) is 2. The van der Waals surface area contributed by atoms with Gasteiger partial charge in [0, 0.05) is 70.5 Å². The number of para-hydroxylation sites is 1. The van der Waals surface area contributed by atoms with E-state index < -0.39 is 6.09 Å². The second-order valence-corrected chi connectivity index (χ2v) is 12.8. The summed E-state index contributed by atoms with van der Waals surface area (Å²) in [6.07, 6.45) is 2.98. The number of nitrogens with zero attached hydrogens (tertiary/aromatic N) is 7. The summed E-state index contributed by atoms with van der Waals surface area (Å²) in [4.78, 5) is 46.9. The van der Waals surface area contributed by atoms with Crippen LogP contribution in [0.25, 0.3) is 0 Å². The van der Waals surface area contributed by atoms with Crippen LogP contribution in [0, 0.1) is 13.8 Å². The number of halogens is 1. The van der Waals surface area contributed by atoms with E-state index in [-0.39, 0.29) is 5.91 Å². The Morgan fingerprint density at radius 2 is 1.72 bits per heavy atom. The molecule has 2 amide bonds. The van der Waals surface area contributed by atoms with Crippen LogP contribution in [0.15, 0.2) is 30.5 Å². The summed E-state index contributed by atoms with van der Waals surface area (Å²) in [5, 5.41) is 16.3. The molecule has 0 bridgehead atoms. The summed E-state index contributed by atoms with van der Waals surface area (Å²) in [6, 6.07) is 8.37. The highest BCUT2D eigenvalue weighted by Gasteiger charge is 2.37. The highest BCUT2D eigenvalue weighted by molar-refractivity contribution is 7.17. The molecule has 0 aliphatic carbocycles. The highest BCUT2D eigenvalue weighted by Crippen LogP contribution is 2.29.